The predicted octanol–water partition coefficient (Wildman–Crippen LogP) is 1.89. The molecule has 0 saturated carbocycles. The average Bonchev–Trinajstić information content (AvgIpc) is 1.58. The summed E-state index contributed by atoms with van der Waals surface area (Å²) < 4.78 is 71.1. The number of hydrogen-bond donors (Lipinski definition) is 17. The second-order valence-corrected chi connectivity index (χ2v) is 25.5. The summed E-state index contributed by atoms with van der Waals surface area (Å²) in [6, 6.07) is 21.7. The van der Waals surface area contributed by atoms with Crippen molar-refractivity contribution in [3.63, 3.8) is 0 Å². The van der Waals surface area contributed by atoms with Gasteiger partial charge in [0.05, 0.1) is 111 Å². The summed E-state index contributed by atoms with van der Waals surface area (Å²) in [5.74, 6) is -6.60. The van der Waals surface area contributed by atoms with Gasteiger partial charge in [-0.2, -0.15) is 0 Å². The van der Waals surface area contributed by atoms with E-state index >= 15 is 4.39 Å². The predicted molar refractivity (Wildman–Crippen MR) is 405 cm³/mol. The van der Waals surface area contributed by atoms with Gasteiger partial charge in [0.25, 0.3) is 5.91 Å². The van der Waals surface area contributed by atoms with Crippen molar-refractivity contribution in [2.24, 2.45) is 11.5 Å². The van der Waals surface area contributed by atoms with E-state index < -0.39 is 83.5 Å². The highest BCUT2D eigenvalue weighted by Crippen LogP contribution is 2.57. The Labute approximate surface area is 643 Å². The number of rotatable bonds is 48. The van der Waals surface area contributed by atoms with E-state index in [1.807, 2.05) is 24.3 Å². The number of carbonyl (C=O) groups excluding carboxylic acids is 8. The Morgan fingerprint density at radius 3 is 1.72 bits per heavy atom. The smallest absolute Gasteiger partial charge is 0.340 e. The van der Waals surface area contributed by atoms with Crippen molar-refractivity contribution in [1.29, 1.82) is 10.8 Å². The minimum Gasteiger partial charge on any atom is -0.508 e. The molecule has 19 N–H and O–H groups in total. The fourth-order valence-corrected chi connectivity index (χ4v) is 11.9. The number of guanidine groups is 2. The van der Waals surface area contributed by atoms with Gasteiger partial charge in [-0.25, -0.2) is 9.18 Å². The molecule has 35 nitrogen and oxygen atoms in total. The first-order chi connectivity index (χ1) is 53.6. The Morgan fingerprint density at radius 2 is 1.13 bits per heavy atom. The minimum atomic E-state index is -1.37. The Balaban J connectivity index is 0.616. The summed E-state index contributed by atoms with van der Waals surface area (Å²) in [6.45, 7) is 4.87. The van der Waals surface area contributed by atoms with Crippen LogP contribution in [-0.4, -0.2) is 230 Å². The van der Waals surface area contributed by atoms with Crippen molar-refractivity contribution in [2.75, 3.05) is 137 Å². The van der Waals surface area contributed by atoms with Gasteiger partial charge in [-0.05, 0) is 104 Å². The van der Waals surface area contributed by atoms with Crippen molar-refractivity contribution in [1.82, 2.24) is 52.8 Å². The SMILES string of the molecule is CC(=O)N[C@@H](CCCNC(=N)N)C(=O)N[C@@H](CCCNC(=N)N)C(=O)NCC(=O)N[C@@H](Cc1c[nH]c2ccccc12)C(=O)NCCOCCNC(=O)c1ccc(OC(=O)CCOCCOCCOCCOCCOCCOCCNC(=S)Nc2ccc3c(c2)C(=O)OC32c3ccc(O)cc3Oc3cc(O)ccc32)c(F)c1. The molecule has 1 aromatic heterocycles. The third kappa shape index (κ3) is 27.0. The molecule has 0 bridgehead atoms. The molecule has 111 heavy (non-hydrogen) atoms. The van der Waals surface area contributed by atoms with Gasteiger partial charge in [-0.3, -0.25) is 44.4 Å². The molecule has 8 rings (SSSR count). The molecule has 3 atom stereocenters. The van der Waals surface area contributed by atoms with Crippen LogP contribution < -0.4 is 74.1 Å². The fourth-order valence-electron chi connectivity index (χ4n) is 11.6. The van der Waals surface area contributed by atoms with Gasteiger partial charge >= 0.3 is 11.9 Å². The first-order valence-electron chi connectivity index (χ1n) is 35.8. The lowest BCUT2D eigenvalue weighted by atomic mass is 9.77. The summed E-state index contributed by atoms with van der Waals surface area (Å²) in [5.41, 5.74) is 13.3. The molecule has 0 unspecified atom stereocenters. The van der Waals surface area contributed by atoms with E-state index in [1.54, 1.807) is 36.5 Å². The molecule has 6 amide bonds. The van der Waals surface area contributed by atoms with Crippen molar-refractivity contribution < 1.29 is 100 Å². The van der Waals surface area contributed by atoms with Gasteiger partial charge in [-0.1, -0.05) is 24.3 Å². The number of fused-ring (bicyclic) bond motifs is 7. The average molecular weight is 1560 g/mol. The summed E-state index contributed by atoms with van der Waals surface area (Å²) in [5, 5.41) is 63.4. The van der Waals surface area contributed by atoms with E-state index in [0.717, 1.165) is 23.0 Å². The monoisotopic (exact) mass is 1560 g/mol. The number of amides is 6. The minimum absolute atomic E-state index is 0.00117. The number of carbonyl (C=O) groups is 8. The van der Waals surface area contributed by atoms with E-state index in [4.69, 9.17) is 81.9 Å². The number of aromatic amines is 1. The molecule has 0 fully saturated rings. The molecule has 37 heteroatoms. The summed E-state index contributed by atoms with van der Waals surface area (Å²) in [7, 11) is 0. The van der Waals surface area contributed by atoms with E-state index in [0.29, 0.717) is 111 Å². The Hall–Kier alpha value is -11.3. The number of phenols is 2. The largest absolute Gasteiger partial charge is 0.508 e. The lowest BCUT2D eigenvalue weighted by molar-refractivity contribution is -0.136. The maximum atomic E-state index is 15.0. The quantitative estimate of drug-likeness (QED) is 0.00647. The van der Waals surface area contributed by atoms with E-state index in [-0.39, 0.29) is 138 Å². The van der Waals surface area contributed by atoms with Crippen LogP contribution in [0.2, 0.25) is 0 Å². The number of esters is 2. The van der Waals surface area contributed by atoms with Gasteiger partial charge in [0, 0.05) is 103 Å². The van der Waals surface area contributed by atoms with Crippen molar-refractivity contribution in [3.05, 3.63) is 142 Å². The Morgan fingerprint density at radius 1 is 0.586 bits per heavy atom. The molecule has 1 spiro atoms. The first-order valence-corrected chi connectivity index (χ1v) is 36.2. The lowest BCUT2D eigenvalue weighted by Gasteiger charge is -2.36. The summed E-state index contributed by atoms with van der Waals surface area (Å²) >= 11 is 5.48. The number of hydrogen-bond acceptors (Lipinski definition) is 23. The molecule has 0 saturated heterocycles. The number of ether oxygens (including phenoxy) is 10. The van der Waals surface area contributed by atoms with Crippen LogP contribution in [0, 0.1) is 16.6 Å². The Bertz CT molecular complexity index is 4160. The summed E-state index contributed by atoms with van der Waals surface area (Å²) in [4.78, 5) is 108. The number of halogens is 1. The maximum Gasteiger partial charge on any atom is 0.340 e. The summed E-state index contributed by atoms with van der Waals surface area (Å²) in [6.07, 6.45) is 2.33. The molecule has 2 aliphatic heterocycles. The number of nitrogens with one attached hydrogen (secondary N) is 13. The van der Waals surface area contributed by atoms with Crippen molar-refractivity contribution >= 4 is 93.2 Å². The maximum absolute atomic E-state index is 15.0. The van der Waals surface area contributed by atoms with Gasteiger partial charge < -0.3 is 127 Å². The molecular formula is C74H94FN15O20S. The standard InChI is InChI=1S/C74H94FN15O20S/c1-45(91)87-59(9-5-20-83-72(78)79)69(99)90-58(8-4-19-82-71(76)77)67(97)86-44-64(94)89-60(39-47-43-85-57-7-3-2-6-51(47)57)68(98)81-22-26-102-25-21-80-66(96)46-10-17-61(56(75)38-46)109-65(95)18-24-101-28-30-104-32-34-106-36-37-107-35-33-105-31-29-103-27-23-84-73(111)88-48-11-14-53-52(40-48)70(100)110-74(53)54-15-12-49(92)41-62(54)108-63-42-50(93)13-16-55(63)74/h2-3,6-7,10-17,38,40-43,58-60,85,92-93H,4-5,8-9,18-37,39,44H2,1H3,(H,80,96)(H,81,98)(H,86,97)(H,87,91)(H,89,94)(H,90,99)(H4,76,77,82)(H4,78,79,83)(H2,84,88,111)/t58-,59-,60-/m0/s1. The van der Waals surface area contributed by atoms with E-state index in [9.17, 15) is 48.6 Å². The van der Waals surface area contributed by atoms with Crippen LogP contribution in [0.25, 0.3) is 10.9 Å². The zero-order valence-corrected chi connectivity index (χ0v) is 61.9. The molecule has 598 valence electrons. The molecule has 0 aliphatic carbocycles. The highest BCUT2D eigenvalue weighted by molar-refractivity contribution is 7.80. The van der Waals surface area contributed by atoms with Gasteiger partial charge in [0.15, 0.2) is 34.2 Å². The number of para-hydroxylation sites is 1. The second-order valence-electron chi connectivity index (χ2n) is 25.1. The normalized spacial score (nSPS) is 13.0. The third-order valence-electron chi connectivity index (χ3n) is 16.8. The zero-order chi connectivity index (χ0) is 79.5. The molecule has 6 aromatic rings. The Kier molecular flexibility index (Phi) is 34.1. The van der Waals surface area contributed by atoms with Crippen LogP contribution in [0.3, 0.4) is 0 Å². The molecule has 3 heterocycles. The number of nitrogens with two attached hydrogens (primary N) is 2. The van der Waals surface area contributed by atoms with E-state index in [1.165, 1.54) is 37.3 Å². The highest BCUT2D eigenvalue weighted by Gasteiger charge is 2.54. The molecule has 5 aromatic carbocycles. The van der Waals surface area contributed by atoms with Crippen LogP contribution in [0.4, 0.5) is 10.1 Å². The first kappa shape index (κ1) is 85.3. The lowest BCUT2D eigenvalue weighted by Crippen LogP contribution is -2.55. The number of phenolic OH excluding ortho intramolecular Hbond substituents is 2. The molecule has 0 radical (unpaired) electrons. The number of anilines is 1. The number of aromatic nitrogens is 1. The number of thiocarbonyl (C=S) groups is 1. The highest BCUT2D eigenvalue weighted by atomic mass is 32.1. The molecular weight excluding hydrogens is 1470 g/mol. The van der Waals surface area contributed by atoms with Crippen LogP contribution in [0.5, 0.6) is 28.7 Å². The second kappa shape index (κ2) is 44.4. The topological polar surface area (TPSA) is 505 Å². The van der Waals surface area contributed by atoms with Gasteiger partial charge in [0.1, 0.15) is 41.1 Å². The van der Waals surface area contributed by atoms with Crippen LogP contribution in [0.1, 0.15) is 82.0 Å². The number of benzene rings is 5. The third-order valence-corrected chi connectivity index (χ3v) is 17.1. The van der Waals surface area contributed by atoms with Crippen LogP contribution in [0.15, 0.2) is 103 Å². The van der Waals surface area contributed by atoms with Crippen molar-refractivity contribution in [2.45, 2.75) is 69.2 Å². The van der Waals surface area contributed by atoms with Crippen molar-refractivity contribution in [3.8, 4) is 28.7 Å². The zero-order valence-electron chi connectivity index (χ0n) is 61.1. The molecule has 2 aliphatic rings. The fraction of sp³-hybridized carbons (Fsp3) is 0.419. The van der Waals surface area contributed by atoms with Gasteiger partial charge in [-0.15, -0.1) is 0 Å². The van der Waals surface area contributed by atoms with Crippen LogP contribution in [-0.2, 0) is 78.7 Å². The van der Waals surface area contributed by atoms with Gasteiger partial charge in [0.2, 0.25) is 29.5 Å². The number of H-pyrrole nitrogens is 1. The van der Waals surface area contributed by atoms with E-state index in [2.05, 4.69) is 58.2 Å². The number of aromatic hydroxyl groups is 2. The van der Waals surface area contributed by atoms with Crippen LogP contribution >= 0.6 is 12.2 Å².